The number of rotatable bonds is 10. The summed E-state index contributed by atoms with van der Waals surface area (Å²) in [5.74, 6) is 1.31. The number of amides is 2. The van der Waals surface area contributed by atoms with E-state index in [0.717, 1.165) is 33.7 Å². The van der Waals surface area contributed by atoms with E-state index in [2.05, 4.69) is 39.8 Å². The largest absolute Gasteiger partial charge is 0.497 e. The van der Waals surface area contributed by atoms with Gasteiger partial charge in [0.25, 0.3) is 5.91 Å². The van der Waals surface area contributed by atoms with Gasteiger partial charge in [-0.1, -0.05) is 71.9 Å². The van der Waals surface area contributed by atoms with E-state index in [0.29, 0.717) is 23.8 Å². The molecule has 1 aromatic heterocycles. The van der Waals surface area contributed by atoms with Crippen molar-refractivity contribution in [2.75, 3.05) is 12.9 Å². The van der Waals surface area contributed by atoms with Gasteiger partial charge < -0.3 is 14.6 Å². The Morgan fingerprint density at radius 2 is 1.73 bits per heavy atom. The topological polar surface area (TPSA) is 102 Å². The molecule has 3 aromatic carbocycles. The quantitative estimate of drug-likeness (QED) is 0.284. The Bertz CT molecular complexity index is 1530. The lowest BCUT2D eigenvalue weighted by Gasteiger charge is -2.22. The van der Waals surface area contributed by atoms with E-state index < -0.39 is 0 Å². The smallest absolute Gasteiger partial charge is 0.253 e. The van der Waals surface area contributed by atoms with Crippen molar-refractivity contribution in [1.82, 2.24) is 25.1 Å². The maximum absolute atomic E-state index is 13.5. The highest BCUT2D eigenvalue weighted by Crippen LogP contribution is 2.34. The molecule has 4 aromatic rings. The molecule has 1 aliphatic rings. The Kier molecular flexibility index (Phi) is 8.79. The summed E-state index contributed by atoms with van der Waals surface area (Å²) in [6.45, 7) is 2.29. The molecule has 1 N–H and O–H groups in total. The third-order valence-electron chi connectivity index (χ3n) is 6.95. The van der Waals surface area contributed by atoms with Crippen molar-refractivity contribution in [2.45, 2.75) is 37.5 Å². The minimum Gasteiger partial charge on any atom is -0.497 e. The lowest BCUT2D eigenvalue weighted by molar-refractivity contribution is -0.130. The third-order valence-corrected chi connectivity index (χ3v) is 7.96. The van der Waals surface area contributed by atoms with Gasteiger partial charge in [-0.15, -0.1) is 10.2 Å². The van der Waals surface area contributed by atoms with Crippen molar-refractivity contribution >= 4 is 29.3 Å². The third kappa shape index (κ3) is 6.83. The van der Waals surface area contributed by atoms with E-state index in [-0.39, 0.29) is 30.2 Å². The first-order valence-electron chi connectivity index (χ1n) is 13.3. The average Bonchev–Trinajstić information content (AvgIpc) is 3.60. The van der Waals surface area contributed by atoms with Gasteiger partial charge in [-0.3, -0.25) is 9.59 Å². The number of carbonyl (C=O) groups excluding carboxylic acids is 2. The zero-order valence-corrected chi connectivity index (χ0v) is 24.1. The molecular weight excluding hydrogens is 536 g/mol. The molecule has 1 aliphatic heterocycles. The van der Waals surface area contributed by atoms with Crippen LogP contribution in [0.4, 0.5) is 0 Å². The second kappa shape index (κ2) is 12.8. The molecule has 0 aliphatic carbocycles. The number of nitrogens with one attached hydrogen (secondary N) is 1. The first-order chi connectivity index (χ1) is 19.9. The van der Waals surface area contributed by atoms with Crippen molar-refractivity contribution in [1.29, 1.82) is 0 Å². The van der Waals surface area contributed by atoms with Gasteiger partial charge in [-0.2, -0.15) is 5.10 Å². The number of methoxy groups -OCH3 is 1. The van der Waals surface area contributed by atoms with Crippen LogP contribution in [0.2, 0.25) is 0 Å². The molecule has 0 fully saturated rings. The van der Waals surface area contributed by atoms with Crippen LogP contribution in [0.5, 0.6) is 5.75 Å². The van der Waals surface area contributed by atoms with Crippen LogP contribution in [-0.4, -0.2) is 50.2 Å². The average molecular weight is 569 g/mol. The van der Waals surface area contributed by atoms with Gasteiger partial charge in [0, 0.05) is 13.5 Å². The molecule has 0 bridgehead atoms. The van der Waals surface area contributed by atoms with Gasteiger partial charge in [0.15, 0.2) is 11.0 Å². The van der Waals surface area contributed by atoms with Crippen molar-refractivity contribution in [3.8, 4) is 5.75 Å². The first-order valence-corrected chi connectivity index (χ1v) is 14.3. The van der Waals surface area contributed by atoms with E-state index in [1.807, 2.05) is 68.6 Å². The van der Waals surface area contributed by atoms with Crippen LogP contribution in [0.25, 0.3) is 0 Å². The van der Waals surface area contributed by atoms with Crippen LogP contribution in [-0.2, 0) is 29.6 Å². The minimum atomic E-state index is -0.198. The van der Waals surface area contributed by atoms with Gasteiger partial charge in [0.1, 0.15) is 5.75 Å². The predicted octanol–water partition coefficient (Wildman–Crippen LogP) is 4.46. The molecule has 2 amide bonds. The SMILES string of the molecule is COc1ccc(C2=NN(C(=O)CSc3nnc(CNC(=O)Cc4ccccc4)n3C)[C@H](c3ccc(C)cc3)C2)cc1. The standard InChI is InChI=1S/C31H32N6O3S/c1-21-9-11-24(12-10-21)27-18-26(23-13-15-25(40-3)16-14-23)35-37(27)30(39)20-41-31-34-33-28(36(31)2)19-32-29(38)17-22-7-5-4-6-8-22/h4-16,27H,17-20H2,1-3H3,(H,32,38)/t27-/m0/s1. The normalized spacial score (nSPS) is 14.6. The molecule has 2 heterocycles. The molecule has 41 heavy (non-hydrogen) atoms. The summed E-state index contributed by atoms with van der Waals surface area (Å²) >= 11 is 1.30. The van der Waals surface area contributed by atoms with Gasteiger partial charge in [0.05, 0.1) is 37.6 Å². The number of nitrogens with zero attached hydrogens (tertiary/aromatic N) is 5. The number of hydrogen-bond acceptors (Lipinski definition) is 7. The van der Waals surface area contributed by atoms with Gasteiger partial charge in [-0.05, 0) is 47.9 Å². The zero-order valence-electron chi connectivity index (χ0n) is 23.3. The zero-order chi connectivity index (χ0) is 28.8. The lowest BCUT2D eigenvalue weighted by atomic mass is 9.97. The summed E-state index contributed by atoms with van der Waals surface area (Å²) in [5.41, 5.74) is 4.95. The number of ether oxygens (including phenoxy) is 1. The van der Waals surface area contributed by atoms with Gasteiger partial charge in [0.2, 0.25) is 5.91 Å². The fraction of sp³-hybridized carbons (Fsp3) is 0.258. The Hall–Kier alpha value is -4.44. The summed E-state index contributed by atoms with van der Waals surface area (Å²) in [6.07, 6.45) is 0.911. The number of hydrogen-bond donors (Lipinski definition) is 1. The molecule has 0 spiro atoms. The second-order valence-corrected chi connectivity index (χ2v) is 10.8. The van der Waals surface area contributed by atoms with Crippen molar-refractivity contribution in [2.24, 2.45) is 12.1 Å². The maximum Gasteiger partial charge on any atom is 0.253 e. The summed E-state index contributed by atoms with van der Waals surface area (Å²) in [7, 11) is 3.46. The Morgan fingerprint density at radius 3 is 2.44 bits per heavy atom. The van der Waals surface area contributed by atoms with Gasteiger partial charge >= 0.3 is 0 Å². The molecule has 0 saturated heterocycles. The van der Waals surface area contributed by atoms with E-state index >= 15 is 0 Å². The summed E-state index contributed by atoms with van der Waals surface area (Å²) in [6, 6.07) is 25.3. The number of benzene rings is 3. The molecular formula is C31H32N6O3S. The molecule has 1 atom stereocenters. The molecule has 9 nitrogen and oxygen atoms in total. The van der Waals surface area contributed by atoms with Crippen molar-refractivity contribution in [3.63, 3.8) is 0 Å². The van der Waals surface area contributed by atoms with Crippen LogP contribution >= 0.6 is 11.8 Å². The molecule has 210 valence electrons. The molecule has 0 radical (unpaired) electrons. The Labute approximate surface area is 243 Å². The van der Waals surface area contributed by atoms with Crippen LogP contribution < -0.4 is 10.1 Å². The number of hydrazone groups is 1. The van der Waals surface area contributed by atoms with Crippen molar-refractivity contribution < 1.29 is 14.3 Å². The fourth-order valence-electron chi connectivity index (χ4n) is 4.58. The maximum atomic E-state index is 13.5. The number of aryl methyl sites for hydroxylation is 1. The first kappa shape index (κ1) is 28.1. The Morgan fingerprint density at radius 1 is 1.00 bits per heavy atom. The number of thioether (sulfide) groups is 1. The summed E-state index contributed by atoms with van der Waals surface area (Å²) in [4.78, 5) is 25.9. The highest BCUT2D eigenvalue weighted by atomic mass is 32.2. The summed E-state index contributed by atoms with van der Waals surface area (Å²) in [5, 5.41) is 18.3. The highest BCUT2D eigenvalue weighted by molar-refractivity contribution is 7.99. The van der Waals surface area contributed by atoms with E-state index in [1.165, 1.54) is 11.8 Å². The van der Waals surface area contributed by atoms with Crippen LogP contribution in [0.1, 0.15) is 40.5 Å². The monoisotopic (exact) mass is 568 g/mol. The Balaban J connectivity index is 1.24. The predicted molar refractivity (Wildman–Crippen MR) is 159 cm³/mol. The summed E-state index contributed by atoms with van der Waals surface area (Å²) < 4.78 is 7.09. The van der Waals surface area contributed by atoms with E-state index in [9.17, 15) is 9.59 Å². The fourth-order valence-corrected chi connectivity index (χ4v) is 5.37. The molecule has 0 unspecified atom stereocenters. The number of carbonyl (C=O) groups is 2. The second-order valence-electron chi connectivity index (χ2n) is 9.83. The van der Waals surface area contributed by atoms with E-state index in [4.69, 9.17) is 9.84 Å². The van der Waals surface area contributed by atoms with Gasteiger partial charge in [-0.25, -0.2) is 5.01 Å². The van der Waals surface area contributed by atoms with Crippen LogP contribution in [0.15, 0.2) is 89.1 Å². The van der Waals surface area contributed by atoms with E-state index in [1.54, 1.807) is 16.7 Å². The lowest BCUT2D eigenvalue weighted by Crippen LogP contribution is -2.28. The minimum absolute atomic E-state index is 0.0923. The van der Waals surface area contributed by atoms with Crippen molar-refractivity contribution in [3.05, 3.63) is 107 Å². The molecule has 5 rings (SSSR count). The molecule has 0 saturated carbocycles. The number of aromatic nitrogens is 3. The molecule has 10 heteroatoms. The van der Waals surface area contributed by atoms with Crippen LogP contribution in [0.3, 0.4) is 0 Å². The van der Waals surface area contributed by atoms with Crippen LogP contribution in [0, 0.1) is 6.92 Å². The highest BCUT2D eigenvalue weighted by Gasteiger charge is 2.33.